The van der Waals surface area contributed by atoms with Crippen molar-refractivity contribution in [2.45, 2.75) is 45.4 Å². The van der Waals surface area contributed by atoms with Gasteiger partial charge < -0.3 is 15.0 Å². The molecule has 0 radical (unpaired) electrons. The highest BCUT2D eigenvalue weighted by Crippen LogP contribution is 2.38. The van der Waals surface area contributed by atoms with Crippen molar-refractivity contribution < 1.29 is 9.53 Å². The van der Waals surface area contributed by atoms with E-state index >= 15 is 0 Å². The molecule has 2 aliphatic rings. The van der Waals surface area contributed by atoms with E-state index in [4.69, 9.17) is 4.74 Å². The lowest BCUT2D eigenvalue weighted by atomic mass is 9.77. The second-order valence-corrected chi connectivity index (χ2v) is 7.89. The zero-order chi connectivity index (χ0) is 19.7. The van der Waals surface area contributed by atoms with Crippen molar-refractivity contribution in [2.24, 2.45) is 11.8 Å². The minimum Gasteiger partial charge on any atom is -0.379 e. The summed E-state index contributed by atoms with van der Waals surface area (Å²) >= 11 is 0. The van der Waals surface area contributed by atoms with Crippen LogP contribution >= 0.6 is 0 Å². The fourth-order valence-electron chi connectivity index (χ4n) is 4.61. The van der Waals surface area contributed by atoms with Crippen LogP contribution in [0.25, 0.3) is 0 Å². The fourth-order valence-corrected chi connectivity index (χ4v) is 4.61. The van der Waals surface area contributed by atoms with Gasteiger partial charge in [0.05, 0.1) is 12.1 Å². The van der Waals surface area contributed by atoms with E-state index < -0.39 is 0 Å². The van der Waals surface area contributed by atoms with Crippen LogP contribution in [0.2, 0.25) is 0 Å². The molecule has 8 heteroatoms. The molecule has 3 heterocycles. The number of carbonyl (C=O) groups is 1. The number of rotatable bonds is 5. The second-order valence-electron chi connectivity index (χ2n) is 7.89. The molecule has 150 valence electrons. The summed E-state index contributed by atoms with van der Waals surface area (Å²) in [7, 11) is 1.77. The van der Waals surface area contributed by atoms with Gasteiger partial charge >= 0.3 is 0 Å². The highest BCUT2D eigenvalue weighted by Gasteiger charge is 2.43. The number of aryl methyl sites for hydroxylation is 2. The van der Waals surface area contributed by atoms with Crippen LogP contribution in [0.5, 0.6) is 0 Å². The van der Waals surface area contributed by atoms with E-state index in [0.717, 1.165) is 37.6 Å². The first-order valence-electron chi connectivity index (χ1n) is 9.89. The van der Waals surface area contributed by atoms with E-state index in [1.54, 1.807) is 18.0 Å². The lowest BCUT2D eigenvalue weighted by molar-refractivity contribution is -0.131. The van der Waals surface area contributed by atoms with Crippen LogP contribution in [0.1, 0.15) is 24.5 Å². The van der Waals surface area contributed by atoms with Crippen molar-refractivity contribution in [3.63, 3.8) is 0 Å². The highest BCUT2D eigenvalue weighted by atomic mass is 16.5. The van der Waals surface area contributed by atoms with Gasteiger partial charge in [0.15, 0.2) is 0 Å². The first-order valence-corrected chi connectivity index (χ1v) is 9.89. The number of fused-ring (bicyclic) bond motifs is 1. The molecule has 2 aromatic heterocycles. The largest absolute Gasteiger partial charge is 0.379 e. The van der Waals surface area contributed by atoms with Gasteiger partial charge in [-0.05, 0) is 50.7 Å². The minimum absolute atomic E-state index is 0.116. The maximum atomic E-state index is 12.8. The molecule has 0 unspecified atom stereocenters. The average Bonchev–Trinajstić information content (AvgIpc) is 3.24. The number of nitrogens with one attached hydrogen (secondary N) is 1. The summed E-state index contributed by atoms with van der Waals surface area (Å²) in [5.41, 5.74) is 0. The van der Waals surface area contributed by atoms with Gasteiger partial charge in [0.25, 0.3) is 0 Å². The molecule has 1 saturated heterocycles. The number of carbonyl (C=O) groups excluding carboxylic acids is 1. The maximum Gasteiger partial charge on any atom is 0.244 e. The van der Waals surface area contributed by atoms with Gasteiger partial charge in [-0.25, -0.2) is 14.6 Å². The number of aromatic nitrogens is 4. The topological polar surface area (TPSA) is 85.2 Å². The molecule has 1 N–H and O–H groups in total. The number of methoxy groups -OCH3 is 1. The Balaban J connectivity index is 1.40. The molecule has 8 nitrogen and oxygen atoms in total. The second kappa shape index (κ2) is 7.87. The number of ether oxygens (including phenoxy) is 1. The number of amides is 1. The van der Waals surface area contributed by atoms with Crippen LogP contribution in [0, 0.1) is 25.7 Å². The summed E-state index contributed by atoms with van der Waals surface area (Å²) in [6.07, 6.45) is 3.85. The standard InChI is InChI=1S/C20H28N6O2/c1-13-22-14(2)26(24-13)12-20(27)25-10-15-8-17(18(28-3)9-16(15)11-25)23-19-6-4-5-7-21-19/h4-7,15-18H,8-12H2,1-3H3,(H,21,23)/t15-,16+,17-,18-/m1/s1. The van der Waals surface area contributed by atoms with Crippen molar-refractivity contribution in [3.05, 3.63) is 36.0 Å². The Hall–Kier alpha value is -2.48. The molecule has 1 saturated carbocycles. The minimum atomic E-state index is 0.116. The molecule has 1 aliphatic carbocycles. The Kier molecular flexibility index (Phi) is 5.30. The van der Waals surface area contributed by atoms with Crippen molar-refractivity contribution in [3.8, 4) is 0 Å². The molecule has 0 aromatic carbocycles. The van der Waals surface area contributed by atoms with Crippen LogP contribution in [0.3, 0.4) is 0 Å². The van der Waals surface area contributed by atoms with Gasteiger partial charge in [-0.2, -0.15) is 5.10 Å². The van der Waals surface area contributed by atoms with Crippen LogP contribution < -0.4 is 5.32 Å². The molecule has 0 bridgehead atoms. The molecule has 2 aromatic rings. The molecule has 2 fully saturated rings. The number of hydrogen-bond donors (Lipinski definition) is 1. The van der Waals surface area contributed by atoms with Gasteiger partial charge in [0, 0.05) is 26.4 Å². The quantitative estimate of drug-likeness (QED) is 0.844. The number of pyridine rings is 1. The van der Waals surface area contributed by atoms with Gasteiger partial charge in [0.2, 0.25) is 5.91 Å². The van der Waals surface area contributed by atoms with Gasteiger partial charge in [0.1, 0.15) is 24.0 Å². The molecule has 28 heavy (non-hydrogen) atoms. The molecule has 4 rings (SSSR count). The van der Waals surface area contributed by atoms with E-state index in [2.05, 4.69) is 20.4 Å². The molecular weight excluding hydrogens is 356 g/mol. The molecule has 4 atom stereocenters. The Labute approximate surface area is 165 Å². The lowest BCUT2D eigenvalue weighted by Crippen LogP contribution is -2.44. The van der Waals surface area contributed by atoms with Crippen LogP contribution in [0.4, 0.5) is 5.82 Å². The molecule has 1 aliphatic heterocycles. The Bertz CT molecular complexity index is 823. The first-order chi connectivity index (χ1) is 13.5. The summed E-state index contributed by atoms with van der Waals surface area (Å²) in [5.74, 6) is 3.43. The number of likely N-dealkylation sites (tertiary alicyclic amines) is 1. The van der Waals surface area contributed by atoms with Crippen LogP contribution in [-0.2, 0) is 16.1 Å². The third-order valence-corrected chi connectivity index (χ3v) is 6.02. The van der Waals surface area contributed by atoms with E-state index in [1.807, 2.05) is 36.9 Å². The number of nitrogens with zero attached hydrogens (tertiary/aromatic N) is 5. The third-order valence-electron chi connectivity index (χ3n) is 6.02. The van der Waals surface area contributed by atoms with E-state index in [-0.39, 0.29) is 24.6 Å². The molecular formula is C20H28N6O2. The smallest absolute Gasteiger partial charge is 0.244 e. The van der Waals surface area contributed by atoms with Crippen LogP contribution in [-0.4, -0.2) is 62.9 Å². The monoisotopic (exact) mass is 384 g/mol. The van der Waals surface area contributed by atoms with Gasteiger partial charge in [-0.1, -0.05) is 6.07 Å². The van der Waals surface area contributed by atoms with E-state index in [1.165, 1.54) is 0 Å². The Morgan fingerprint density at radius 3 is 2.68 bits per heavy atom. The summed E-state index contributed by atoms with van der Waals surface area (Å²) in [6, 6.07) is 6.07. The fraction of sp³-hybridized carbons (Fsp3) is 0.600. The number of hydrogen-bond acceptors (Lipinski definition) is 6. The van der Waals surface area contributed by atoms with Crippen molar-refractivity contribution >= 4 is 11.7 Å². The molecule has 1 amide bonds. The summed E-state index contributed by atoms with van der Waals surface area (Å²) in [5, 5.41) is 7.84. The highest BCUT2D eigenvalue weighted by molar-refractivity contribution is 5.76. The Morgan fingerprint density at radius 1 is 1.25 bits per heavy atom. The lowest BCUT2D eigenvalue weighted by Gasteiger charge is -2.37. The third kappa shape index (κ3) is 3.87. The van der Waals surface area contributed by atoms with Crippen molar-refractivity contribution in [1.29, 1.82) is 0 Å². The zero-order valence-corrected chi connectivity index (χ0v) is 16.7. The van der Waals surface area contributed by atoms with Crippen LogP contribution in [0.15, 0.2) is 24.4 Å². The van der Waals surface area contributed by atoms with E-state index in [0.29, 0.717) is 17.7 Å². The van der Waals surface area contributed by atoms with Gasteiger partial charge in [-0.3, -0.25) is 4.79 Å². The zero-order valence-electron chi connectivity index (χ0n) is 16.7. The van der Waals surface area contributed by atoms with Crippen molar-refractivity contribution in [1.82, 2.24) is 24.6 Å². The molecule has 0 spiro atoms. The maximum absolute atomic E-state index is 12.8. The van der Waals surface area contributed by atoms with Crippen molar-refractivity contribution in [2.75, 3.05) is 25.5 Å². The summed E-state index contributed by atoms with van der Waals surface area (Å²) in [4.78, 5) is 23.5. The first kappa shape index (κ1) is 18.9. The van der Waals surface area contributed by atoms with Gasteiger partial charge in [-0.15, -0.1) is 0 Å². The normalized spacial score (nSPS) is 26.9. The predicted octanol–water partition coefficient (Wildman–Crippen LogP) is 1.65. The summed E-state index contributed by atoms with van der Waals surface area (Å²) in [6.45, 7) is 5.58. The predicted molar refractivity (Wildman–Crippen MR) is 105 cm³/mol. The van der Waals surface area contributed by atoms with E-state index in [9.17, 15) is 4.79 Å². The number of anilines is 1. The summed E-state index contributed by atoms with van der Waals surface area (Å²) < 4.78 is 7.48. The Morgan fingerprint density at radius 2 is 2.04 bits per heavy atom. The average molecular weight is 384 g/mol. The SMILES string of the molecule is CO[C@@H]1C[C@H]2CN(C(=O)Cn3nc(C)nc3C)C[C@H]2C[C@H]1Nc1ccccn1.